The minimum Gasteiger partial charge on any atom is -0.379 e. The maximum atomic E-state index is 5.57. The highest BCUT2D eigenvalue weighted by molar-refractivity contribution is 5.25. The molecule has 0 aromatic heterocycles. The summed E-state index contributed by atoms with van der Waals surface area (Å²) >= 11 is 0. The third-order valence-corrected chi connectivity index (χ3v) is 4.47. The monoisotopic (exact) mass is 290 g/mol. The molecule has 2 rings (SSSR count). The Balaban J connectivity index is 2.11. The van der Waals surface area contributed by atoms with Crippen molar-refractivity contribution in [2.75, 3.05) is 39.4 Å². The summed E-state index contributed by atoms with van der Waals surface area (Å²) in [6.45, 7) is 12.8. The molecule has 1 N–H and O–H groups in total. The Hall–Kier alpha value is -0.900. The fraction of sp³-hybridized carbons (Fsp3) is 0.667. The maximum absolute atomic E-state index is 5.57. The van der Waals surface area contributed by atoms with E-state index in [1.54, 1.807) is 0 Å². The number of rotatable bonds is 7. The molecule has 3 heteroatoms. The van der Waals surface area contributed by atoms with Crippen LogP contribution in [0, 0.1) is 0 Å². The molecular formula is C18H30N2O. The molecule has 1 saturated heterocycles. The number of nitrogens with zero attached hydrogens (tertiary/aromatic N) is 1. The van der Waals surface area contributed by atoms with Gasteiger partial charge in [0.2, 0.25) is 0 Å². The molecule has 0 spiro atoms. The first-order chi connectivity index (χ1) is 10.2. The second-order valence-electron chi connectivity index (χ2n) is 6.50. The van der Waals surface area contributed by atoms with Crippen molar-refractivity contribution in [3.05, 3.63) is 35.9 Å². The number of ether oxygens (including phenoxy) is 1. The Morgan fingerprint density at radius 1 is 1.33 bits per heavy atom. The van der Waals surface area contributed by atoms with E-state index in [9.17, 15) is 0 Å². The van der Waals surface area contributed by atoms with Crippen LogP contribution < -0.4 is 5.32 Å². The van der Waals surface area contributed by atoms with Crippen molar-refractivity contribution in [1.82, 2.24) is 10.2 Å². The van der Waals surface area contributed by atoms with Crippen LogP contribution in [0.4, 0.5) is 0 Å². The molecule has 0 saturated carbocycles. The second kappa shape index (κ2) is 7.92. The van der Waals surface area contributed by atoms with Gasteiger partial charge in [-0.15, -0.1) is 0 Å². The molecule has 0 amide bonds. The van der Waals surface area contributed by atoms with E-state index in [2.05, 4.69) is 61.3 Å². The van der Waals surface area contributed by atoms with Gasteiger partial charge in [0.15, 0.2) is 0 Å². The molecule has 2 atom stereocenters. The third-order valence-electron chi connectivity index (χ3n) is 4.47. The van der Waals surface area contributed by atoms with Crippen LogP contribution in [0.3, 0.4) is 0 Å². The van der Waals surface area contributed by atoms with Gasteiger partial charge >= 0.3 is 0 Å². The summed E-state index contributed by atoms with van der Waals surface area (Å²) in [7, 11) is 0. The summed E-state index contributed by atoms with van der Waals surface area (Å²) in [5.41, 5.74) is 1.56. The van der Waals surface area contributed by atoms with Gasteiger partial charge in [-0.25, -0.2) is 0 Å². The maximum Gasteiger partial charge on any atom is 0.0619 e. The summed E-state index contributed by atoms with van der Waals surface area (Å²) in [6, 6.07) is 11.4. The molecule has 3 nitrogen and oxygen atoms in total. The van der Waals surface area contributed by atoms with Gasteiger partial charge in [-0.3, -0.25) is 4.90 Å². The molecule has 1 aliphatic heterocycles. The van der Waals surface area contributed by atoms with E-state index < -0.39 is 0 Å². The smallest absolute Gasteiger partial charge is 0.0619 e. The zero-order chi connectivity index (χ0) is 15.1. The van der Waals surface area contributed by atoms with Crippen LogP contribution in [0.15, 0.2) is 30.3 Å². The van der Waals surface area contributed by atoms with Crippen LogP contribution in [0.25, 0.3) is 0 Å². The van der Waals surface area contributed by atoms with Gasteiger partial charge in [-0.05, 0) is 25.5 Å². The van der Waals surface area contributed by atoms with Gasteiger partial charge in [0.05, 0.1) is 13.2 Å². The van der Waals surface area contributed by atoms with Gasteiger partial charge in [-0.1, -0.05) is 44.2 Å². The summed E-state index contributed by atoms with van der Waals surface area (Å²) in [4.78, 5) is 2.57. The normalized spacial score (nSPS) is 22.9. The van der Waals surface area contributed by atoms with Crippen molar-refractivity contribution < 1.29 is 4.74 Å². The Morgan fingerprint density at radius 2 is 2.10 bits per heavy atom. The average molecular weight is 290 g/mol. The van der Waals surface area contributed by atoms with Crippen LogP contribution in [-0.2, 0) is 10.2 Å². The molecule has 1 heterocycles. The third kappa shape index (κ3) is 4.53. The SMILES string of the molecule is CCCNCC(C)(CN1CCOCC1C)c1ccccc1. The van der Waals surface area contributed by atoms with Crippen molar-refractivity contribution >= 4 is 0 Å². The topological polar surface area (TPSA) is 24.5 Å². The zero-order valence-corrected chi connectivity index (χ0v) is 13.8. The molecule has 1 aliphatic rings. The van der Waals surface area contributed by atoms with Crippen molar-refractivity contribution in [3.8, 4) is 0 Å². The number of benzene rings is 1. The average Bonchev–Trinajstić information content (AvgIpc) is 2.51. The lowest BCUT2D eigenvalue weighted by atomic mass is 9.81. The molecule has 118 valence electrons. The molecule has 0 radical (unpaired) electrons. The highest BCUT2D eigenvalue weighted by Crippen LogP contribution is 2.26. The first kappa shape index (κ1) is 16.5. The van der Waals surface area contributed by atoms with Crippen LogP contribution in [-0.4, -0.2) is 50.3 Å². The Bertz CT molecular complexity index is 409. The lowest BCUT2D eigenvalue weighted by molar-refractivity contribution is -0.00955. The predicted octanol–water partition coefficient (Wildman–Crippen LogP) is 2.66. The van der Waals surface area contributed by atoms with E-state index in [0.717, 1.165) is 39.4 Å². The van der Waals surface area contributed by atoms with Crippen molar-refractivity contribution in [2.24, 2.45) is 0 Å². The number of hydrogen-bond donors (Lipinski definition) is 1. The van der Waals surface area contributed by atoms with Gasteiger partial charge in [0.1, 0.15) is 0 Å². The van der Waals surface area contributed by atoms with Gasteiger partial charge in [0.25, 0.3) is 0 Å². The van der Waals surface area contributed by atoms with E-state index >= 15 is 0 Å². The van der Waals surface area contributed by atoms with Crippen LogP contribution in [0.1, 0.15) is 32.8 Å². The molecule has 0 bridgehead atoms. The van der Waals surface area contributed by atoms with Crippen LogP contribution in [0.5, 0.6) is 0 Å². The lowest BCUT2D eigenvalue weighted by Crippen LogP contribution is -2.52. The predicted molar refractivity (Wildman–Crippen MR) is 88.8 cm³/mol. The van der Waals surface area contributed by atoms with Gasteiger partial charge < -0.3 is 10.1 Å². The number of hydrogen-bond acceptors (Lipinski definition) is 3. The molecule has 1 aromatic carbocycles. The lowest BCUT2D eigenvalue weighted by Gasteiger charge is -2.41. The van der Waals surface area contributed by atoms with E-state index in [0.29, 0.717) is 6.04 Å². The standard InChI is InChI=1S/C18H30N2O/c1-4-10-19-14-18(3,17-8-6-5-7-9-17)15-20-11-12-21-13-16(20)2/h5-9,16,19H,4,10-15H2,1-3H3. The van der Waals surface area contributed by atoms with Crippen molar-refractivity contribution in [3.63, 3.8) is 0 Å². The van der Waals surface area contributed by atoms with E-state index in [1.807, 2.05) is 0 Å². The molecule has 21 heavy (non-hydrogen) atoms. The summed E-state index contributed by atoms with van der Waals surface area (Å²) in [5.74, 6) is 0. The largest absolute Gasteiger partial charge is 0.379 e. The van der Waals surface area contributed by atoms with Crippen LogP contribution in [0.2, 0.25) is 0 Å². The molecular weight excluding hydrogens is 260 g/mol. The summed E-state index contributed by atoms with van der Waals surface area (Å²) in [5, 5.41) is 3.62. The fourth-order valence-electron chi connectivity index (χ4n) is 3.08. The number of nitrogens with one attached hydrogen (secondary N) is 1. The molecule has 1 aromatic rings. The Morgan fingerprint density at radius 3 is 2.76 bits per heavy atom. The fourth-order valence-corrected chi connectivity index (χ4v) is 3.08. The quantitative estimate of drug-likeness (QED) is 0.781. The molecule has 0 aliphatic carbocycles. The Kier molecular flexibility index (Phi) is 6.22. The highest BCUT2D eigenvalue weighted by atomic mass is 16.5. The van der Waals surface area contributed by atoms with E-state index in [4.69, 9.17) is 4.74 Å². The molecule has 2 unspecified atom stereocenters. The van der Waals surface area contributed by atoms with Crippen molar-refractivity contribution in [2.45, 2.75) is 38.6 Å². The van der Waals surface area contributed by atoms with Crippen LogP contribution >= 0.6 is 0 Å². The summed E-state index contributed by atoms with van der Waals surface area (Å²) in [6.07, 6.45) is 1.18. The van der Waals surface area contributed by atoms with E-state index in [1.165, 1.54) is 12.0 Å². The van der Waals surface area contributed by atoms with Gasteiger partial charge in [-0.2, -0.15) is 0 Å². The first-order valence-corrected chi connectivity index (χ1v) is 8.24. The number of morpholine rings is 1. The second-order valence-corrected chi connectivity index (χ2v) is 6.50. The van der Waals surface area contributed by atoms with Gasteiger partial charge in [0, 0.05) is 31.1 Å². The zero-order valence-electron chi connectivity index (χ0n) is 13.8. The Labute approximate surface area is 129 Å². The van der Waals surface area contributed by atoms with Crippen molar-refractivity contribution in [1.29, 1.82) is 0 Å². The highest BCUT2D eigenvalue weighted by Gasteiger charge is 2.31. The van der Waals surface area contributed by atoms with E-state index in [-0.39, 0.29) is 5.41 Å². The summed E-state index contributed by atoms with van der Waals surface area (Å²) < 4.78 is 5.57. The minimum absolute atomic E-state index is 0.141. The first-order valence-electron chi connectivity index (χ1n) is 8.24. The molecule has 1 fully saturated rings. The minimum atomic E-state index is 0.141.